The van der Waals surface area contributed by atoms with Gasteiger partial charge in [-0.05, 0) is 26.3 Å². The first-order valence-electron chi connectivity index (χ1n) is 6.92. The van der Waals surface area contributed by atoms with Gasteiger partial charge < -0.3 is 4.90 Å². The Kier molecular flexibility index (Phi) is 6.32. The number of hydrazine groups is 1. The van der Waals surface area contributed by atoms with E-state index in [4.69, 9.17) is 0 Å². The summed E-state index contributed by atoms with van der Waals surface area (Å²) in [6, 6.07) is 0.739. The summed E-state index contributed by atoms with van der Waals surface area (Å²) in [7, 11) is 2.22. The van der Waals surface area contributed by atoms with Crippen LogP contribution in [0.25, 0.3) is 0 Å². The van der Waals surface area contributed by atoms with Gasteiger partial charge in [0.15, 0.2) is 0 Å². The van der Waals surface area contributed by atoms with Crippen molar-refractivity contribution in [1.82, 2.24) is 14.9 Å². The molecule has 3 heteroatoms. The summed E-state index contributed by atoms with van der Waals surface area (Å²) in [6.45, 7) is 12.9. The molecule has 1 rings (SSSR count). The molecule has 0 aromatic heterocycles. The van der Waals surface area contributed by atoms with Crippen molar-refractivity contribution >= 4 is 0 Å². The number of likely N-dealkylation sites (N-methyl/N-ethyl adjacent to an activating group) is 1. The Balaban J connectivity index is 2.54. The zero-order valence-corrected chi connectivity index (χ0v) is 11.6. The van der Waals surface area contributed by atoms with Crippen molar-refractivity contribution in [2.75, 3.05) is 39.8 Å². The molecule has 1 saturated heterocycles. The van der Waals surface area contributed by atoms with E-state index in [1.807, 2.05) is 0 Å². The van der Waals surface area contributed by atoms with Gasteiger partial charge in [-0.2, -0.15) is 0 Å². The maximum atomic E-state index is 2.63. The Morgan fingerprint density at radius 2 is 1.56 bits per heavy atom. The highest BCUT2D eigenvalue weighted by atomic mass is 15.6. The second-order valence-electron chi connectivity index (χ2n) is 4.89. The first-order chi connectivity index (χ1) is 7.72. The van der Waals surface area contributed by atoms with Gasteiger partial charge in [-0.1, -0.05) is 20.8 Å². The SMILES string of the molecule is CCCN(C(CC)CC)N1CCN(C)CC1. The van der Waals surface area contributed by atoms with Gasteiger partial charge in [-0.15, -0.1) is 0 Å². The Morgan fingerprint density at radius 1 is 1.00 bits per heavy atom. The maximum Gasteiger partial charge on any atom is 0.0261 e. The summed E-state index contributed by atoms with van der Waals surface area (Å²) < 4.78 is 0. The number of hydrogen-bond donors (Lipinski definition) is 0. The van der Waals surface area contributed by atoms with E-state index < -0.39 is 0 Å². The van der Waals surface area contributed by atoms with E-state index in [1.54, 1.807) is 0 Å². The van der Waals surface area contributed by atoms with E-state index in [9.17, 15) is 0 Å². The van der Waals surface area contributed by atoms with Crippen molar-refractivity contribution in [2.24, 2.45) is 0 Å². The van der Waals surface area contributed by atoms with Crippen molar-refractivity contribution in [3.63, 3.8) is 0 Å². The molecule has 0 amide bonds. The molecule has 0 bridgehead atoms. The topological polar surface area (TPSA) is 9.72 Å². The van der Waals surface area contributed by atoms with Crippen LogP contribution in [0.4, 0.5) is 0 Å². The van der Waals surface area contributed by atoms with E-state index >= 15 is 0 Å². The third-order valence-electron chi connectivity index (χ3n) is 3.66. The largest absolute Gasteiger partial charge is 0.304 e. The smallest absolute Gasteiger partial charge is 0.0261 e. The van der Waals surface area contributed by atoms with Crippen LogP contribution in [0.15, 0.2) is 0 Å². The van der Waals surface area contributed by atoms with Crippen LogP contribution < -0.4 is 0 Å². The average molecular weight is 227 g/mol. The van der Waals surface area contributed by atoms with Gasteiger partial charge in [0.25, 0.3) is 0 Å². The van der Waals surface area contributed by atoms with E-state index in [0.717, 1.165) is 6.04 Å². The molecule has 0 aromatic rings. The fourth-order valence-electron chi connectivity index (χ4n) is 2.55. The number of nitrogens with zero attached hydrogens (tertiary/aromatic N) is 3. The summed E-state index contributed by atoms with van der Waals surface area (Å²) in [5.41, 5.74) is 0. The number of rotatable bonds is 6. The monoisotopic (exact) mass is 227 g/mol. The predicted molar refractivity (Wildman–Crippen MR) is 70.4 cm³/mol. The molecular weight excluding hydrogens is 198 g/mol. The summed E-state index contributed by atoms with van der Waals surface area (Å²) in [6.07, 6.45) is 3.79. The third-order valence-corrected chi connectivity index (χ3v) is 3.66. The fraction of sp³-hybridized carbons (Fsp3) is 1.00. The zero-order chi connectivity index (χ0) is 12.0. The van der Waals surface area contributed by atoms with E-state index in [0.29, 0.717) is 0 Å². The summed E-state index contributed by atoms with van der Waals surface area (Å²) >= 11 is 0. The second-order valence-corrected chi connectivity index (χ2v) is 4.89. The van der Waals surface area contributed by atoms with Crippen molar-refractivity contribution < 1.29 is 0 Å². The van der Waals surface area contributed by atoms with Crippen LogP contribution in [0.5, 0.6) is 0 Å². The van der Waals surface area contributed by atoms with Crippen LogP contribution in [0.1, 0.15) is 40.0 Å². The molecule has 0 unspecified atom stereocenters. The lowest BCUT2D eigenvalue weighted by Gasteiger charge is -2.43. The molecule has 0 aromatic carbocycles. The highest BCUT2D eigenvalue weighted by Crippen LogP contribution is 2.14. The first-order valence-corrected chi connectivity index (χ1v) is 6.92. The van der Waals surface area contributed by atoms with Crippen molar-refractivity contribution in [1.29, 1.82) is 0 Å². The van der Waals surface area contributed by atoms with Crippen molar-refractivity contribution in [3.8, 4) is 0 Å². The lowest BCUT2D eigenvalue weighted by atomic mass is 10.1. The highest BCUT2D eigenvalue weighted by molar-refractivity contribution is 4.73. The molecule has 96 valence electrons. The number of piperazine rings is 1. The van der Waals surface area contributed by atoms with Gasteiger partial charge in [-0.25, -0.2) is 10.0 Å². The van der Waals surface area contributed by atoms with Crippen LogP contribution in [-0.2, 0) is 0 Å². The Bertz CT molecular complexity index is 172. The lowest BCUT2D eigenvalue weighted by molar-refractivity contribution is -0.0854. The van der Waals surface area contributed by atoms with Crippen LogP contribution in [0.3, 0.4) is 0 Å². The normalized spacial score (nSPS) is 19.9. The quantitative estimate of drug-likeness (QED) is 0.687. The minimum atomic E-state index is 0.739. The molecule has 1 aliphatic rings. The Morgan fingerprint density at radius 3 is 2.00 bits per heavy atom. The molecule has 1 heterocycles. The Hall–Kier alpha value is -0.120. The van der Waals surface area contributed by atoms with Crippen LogP contribution in [-0.4, -0.2) is 60.7 Å². The van der Waals surface area contributed by atoms with E-state index in [1.165, 1.54) is 52.0 Å². The van der Waals surface area contributed by atoms with Gasteiger partial charge in [0.1, 0.15) is 0 Å². The lowest BCUT2D eigenvalue weighted by Crippen LogP contribution is -2.56. The van der Waals surface area contributed by atoms with Gasteiger partial charge in [-0.3, -0.25) is 0 Å². The van der Waals surface area contributed by atoms with Crippen LogP contribution >= 0.6 is 0 Å². The second kappa shape index (κ2) is 7.25. The van der Waals surface area contributed by atoms with E-state index in [2.05, 4.69) is 42.7 Å². The fourth-order valence-corrected chi connectivity index (χ4v) is 2.55. The summed E-state index contributed by atoms with van der Waals surface area (Å²) in [4.78, 5) is 2.42. The number of hydrogen-bond acceptors (Lipinski definition) is 3. The van der Waals surface area contributed by atoms with Gasteiger partial charge in [0.05, 0.1) is 0 Å². The molecular formula is C13H29N3. The molecule has 16 heavy (non-hydrogen) atoms. The van der Waals surface area contributed by atoms with E-state index in [-0.39, 0.29) is 0 Å². The highest BCUT2D eigenvalue weighted by Gasteiger charge is 2.24. The predicted octanol–water partition coefficient (Wildman–Crippen LogP) is 2.05. The summed E-state index contributed by atoms with van der Waals surface area (Å²) in [5.74, 6) is 0. The first kappa shape index (κ1) is 13.9. The molecule has 0 radical (unpaired) electrons. The minimum Gasteiger partial charge on any atom is -0.304 e. The van der Waals surface area contributed by atoms with Crippen molar-refractivity contribution in [2.45, 2.75) is 46.1 Å². The molecule has 1 fully saturated rings. The van der Waals surface area contributed by atoms with Crippen LogP contribution in [0, 0.1) is 0 Å². The standard InChI is InChI=1S/C13H29N3/c1-5-8-16(13(6-2)7-3)15-11-9-14(4)10-12-15/h13H,5-12H2,1-4H3. The maximum absolute atomic E-state index is 2.63. The van der Waals surface area contributed by atoms with Gasteiger partial charge in [0, 0.05) is 38.8 Å². The Labute approximate surface area is 101 Å². The molecule has 0 saturated carbocycles. The van der Waals surface area contributed by atoms with Gasteiger partial charge in [0.2, 0.25) is 0 Å². The zero-order valence-electron chi connectivity index (χ0n) is 11.6. The molecule has 0 aliphatic carbocycles. The third kappa shape index (κ3) is 3.72. The molecule has 0 atom stereocenters. The van der Waals surface area contributed by atoms with Crippen LogP contribution in [0.2, 0.25) is 0 Å². The minimum absolute atomic E-state index is 0.739. The summed E-state index contributed by atoms with van der Waals surface area (Å²) in [5, 5.41) is 5.22. The molecule has 1 aliphatic heterocycles. The molecule has 0 spiro atoms. The molecule has 0 N–H and O–H groups in total. The van der Waals surface area contributed by atoms with Crippen molar-refractivity contribution in [3.05, 3.63) is 0 Å². The average Bonchev–Trinajstić information content (AvgIpc) is 2.31. The van der Waals surface area contributed by atoms with Gasteiger partial charge >= 0.3 is 0 Å². The molecule has 3 nitrogen and oxygen atoms in total.